The number of amides is 1. The number of methoxy groups -OCH3 is 2. The zero-order valence-electron chi connectivity index (χ0n) is 19.3. The van der Waals surface area contributed by atoms with Gasteiger partial charge in [0.2, 0.25) is 18.5 Å². The molecule has 1 aliphatic heterocycles. The summed E-state index contributed by atoms with van der Waals surface area (Å²) in [7, 11) is 3.16. The summed E-state index contributed by atoms with van der Waals surface area (Å²) in [4.78, 5) is 20.0. The molecule has 1 saturated carbocycles. The van der Waals surface area contributed by atoms with Gasteiger partial charge in [-0.25, -0.2) is 0 Å². The minimum absolute atomic E-state index is 0.0870. The lowest BCUT2D eigenvalue weighted by Gasteiger charge is -2.33. The standard InChI is InChI=1S/C25H27N3O6/c1-30-19-10-8-16(12-21(19)31-2)24-26-23(34-27-24)14-28(18-6-4-3-5-7-18)25(29)17-9-11-20-22(13-17)33-15-32-20/h8-13,18H,3-7,14-15H2,1-2H3. The zero-order chi connectivity index (χ0) is 23.5. The van der Waals surface area contributed by atoms with Gasteiger partial charge in [-0.2, -0.15) is 4.98 Å². The van der Waals surface area contributed by atoms with Gasteiger partial charge < -0.3 is 28.4 Å². The summed E-state index contributed by atoms with van der Waals surface area (Å²) in [5, 5.41) is 4.14. The van der Waals surface area contributed by atoms with Crippen molar-refractivity contribution in [3.63, 3.8) is 0 Å². The Morgan fingerprint density at radius 2 is 1.79 bits per heavy atom. The molecule has 0 bridgehead atoms. The Kier molecular flexibility index (Phi) is 6.24. The van der Waals surface area contributed by atoms with E-state index in [0.29, 0.717) is 40.3 Å². The van der Waals surface area contributed by atoms with E-state index in [1.807, 2.05) is 11.0 Å². The monoisotopic (exact) mass is 465 g/mol. The molecule has 0 unspecified atom stereocenters. The number of aromatic nitrogens is 2. The second-order valence-electron chi connectivity index (χ2n) is 8.37. The Balaban J connectivity index is 1.40. The number of rotatable bonds is 7. The normalized spacial score (nSPS) is 15.2. The first-order valence-electron chi connectivity index (χ1n) is 11.4. The molecule has 9 heteroatoms. The largest absolute Gasteiger partial charge is 0.493 e. The Labute approximate surface area is 197 Å². The summed E-state index contributed by atoms with van der Waals surface area (Å²) < 4.78 is 27.1. The third-order valence-corrected chi connectivity index (χ3v) is 6.31. The molecule has 0 atom stereocenters. The highest BCUT2D eigenvalue weighted by molar-refractivity contribution is 5.95. The predicted molar refractivity (Wildman–Crippen MR) is 122 cm³/mol. The van der Waals surface area contributed by atoms with Crippen molar-refractivity contribution >= 4 is 5.91 Å². The van der Waals surface area contributed by atoms with Gasteiger partial charge in [0.1, 0.15) is 6.54 Å². The smallest absolute Gasteiger partial charge is 0.254 e. The number of fused-ring (bicyclic) bond motifs is 1. The highest BCUT2D eigenvalue weighted by Crippen LogP contribution is 2.34. The van der Waals surface area contributed by atoms with Gasteiger partial charge in [-0.15, -0.1) is 0 Å². The van der Waals surface area contributed by atoms with Crippen molar-refractivity contribution in [3.8, 4) is 34.4 Å². The van der Waals surface area contributed by atoms with Crippen LogP contribution in [0.15, 0.2) is 40.9 Å². The first kappa shape index (κ1) is 22.1. The molecular formula is C25H27N3O6. The summed E-state index contributed by atoms with van der Waals surface area (Å²) in [5.41, 5.74) is 1.29. The average molecular weight is 466 g/mol. The van der Waals surface area contributed by atoms with E-state index < -0.39 is 0 Å². The van der Waals surface area contributed by atoms with Gasteiger partial charge in [-0.1, -0.05) is 24.4 Å². The van der Waals surface area contributed by atoms with E-state index >= 15 is 0 Å². The molecule has 1 fully saturated rings. The SMILES string of the molecule is COc1ccc(-c2noc(CN(C(=O)c3ccc4c(c3)OCO4)C3CCCCC3)n2)cc1OC. The van der Waals surface area contributed by atoms with E-state index in [1.54, 1.807) is 44.6 Å². The number of hydrogen-bond acceptors (Lipinski definition) is 8. The van der Waals surface area contributed by atoms with E-state index in [0.717, 1.165) is 31.2 Å². The fourth-order valence-corrected chi connectivity index (χ4v) is 4.51. The van der Waals surface area contributed by atoms with Crippen LogP contribution in [0.3, 0.4) is 0 Å². The summed E-state index contributed by atoms with van der Waals surface area (Å²) in [5.74, 6) is 3.15. The van der Waals surface area contributed by atoms with Gasteiger partial charge in [-0.3, -0.25) is 4.79 Å². The molecule has 2 heterocycles. The van der Waals surface area contributed by atoms with Gasteiger partial charge in [0, 0.05) is 17.2 Å². The number of benzene rings is 2. The lowest BCUT2D eigenvalue weighted by Crippen LogP contribution is -2.41. The number of hydrogen-bond donors (Lipinski definition) is 0. The van der Waals surface area contributed by atoms with Crippen LogP contribution in [0.5, 0.6) is 23.0 Å². The van der Waals surface area contributed by atoms with Gasteiger partial charge in [0.15, 0.2) is 23.0 Å². The number of ether oxygens (including phenoxy) is 4. The van der Waals surface area contributed by atoms with Gasteiger partial charge >= 0.3 is 0 Å². The van der Waals surface area contributed by atoms with Crippen LogP contribution in [0.25, 0.3) is 11.4 Å². The van der Waals surface area contributed by atoms with Crippen LogP contribution in [0, 0.1) is 0 Å². The van der Waals surface area contributed by atoms with E-state index in [1.165, 1.54) is 6.42 Å². The Morgan fingerprint density at radius 3 is 2.59 bits per heavy atom. The summed E-state index contributed by atoms with van der Waals surface area (Å²) in [6.45, 7) is 0.401. The molecule has 2 aliphatic rings. The van der Waals surface area contributed by atoms with E-state index in [-0.39, 0.29) is 25.3 Å². The van der Waals surface area contributed by atoms with Crippen LogP contribution in [0.4, 0.5) is 0 Å². The number of carbonyl (C=O) groups excluding carboxylic acids is 1. The van der Waals surface area contributed by atoms with Crippen molar-refractivity contribution in [3.05, 3.63) is 47.9 Å². The fourth-order valence-electron chi connectivity index (χ4n) is 4.51. The summed E-state index contributed by atoms with van der Waals surface area (Å²) >= 11 is 0. The molecule has 5 rings (SSSR count). The summed E-state index contributed by atoms with van der Waals surface area (Å²) in [6, 6.07) is 10.8. The highest BCUT2D eigenvalue weighted by atomic mass is 16.7. The molecule has 2 aromatic carbocycles. The first-order chi connectivity index (χ1) is 16.7. The van der Waals surface area contributed by atoms with Crippen molar-refractivity contribution in [2.24, 2.45) is 0 Å². The fraction of sp³-hybridized carbons (Fsp3) is 0.400. The minimum Gasteiger partial charge on any atom is -0.493 e. The molecule has 0 saturated heterocycles. The molecule has 9 nitrogen and oxygen atoms in total. The lowest BCUT2D eigenvalue weighted by atomic mass is 9.93. The van der Waals surface area contributed by atoms with E-state index in [9.17, 15) is 4.79 Å². The molecule has 178 valence electrons. The van der Waals surface area contributed by atoms with E-state index in [4.69, 9.17) is 23.5 Å². The molecule has 1 aromatic heterocycles. The molecule has 1 amide bonds. The lowest BCUT2D eigenvalue weighted by molar-refractivity contribution is 0.0585. The van der Waals surface area contributed by atoms with Crippen LogP contribution in [0.1, 0.15) is 48.4 Å². The van der Waals surface area contributed by atoms with Gasteiger partial charge in [0.05, 0.1) is 14.2 Å². The molecule has 0 N–H and O–H groups in total. The van der Waals surface area contributed by atoms with Crippen molar-refractivity contribution in [1.82, 2.24) is 15.0 Å². The number of nitrogens with zero attached hydrogens (tertiary/aromatic N) is 3. The Hall–Kier alpha value is -3.75. The van der Waals surface area contributed by atoms with E-state index in [2.05, 4.69) is 10.1 Å². The van der Waals surface area contributed by atoms with Crippen LogP contribution in [-0.2, 0) is 6.54 Å². The Morgan fingerprint density at radius 1 is 1.00 bits per heavy atom. The maximum absolute atomic E-state index is 13.6. The third-order valence-electron chi connectivity index (χ3n) is 6.31. The Bertz CT molecular complexity index is 1170. The molecule has 3 aromatic rings. The quantitative estimate of drug-likeness (QED) is 0.505. The molecule has 0 spiro atoms. The average Bonchev–Trinajstić information content (AvgIpc) is 3.56. The van der Waals surface area contributed by atoms with Crippen molar-refractivity contribution in [1.29, 1.82) is 0 Å². The molecule has 0 radical (unpaired) electrons. The van der Waals surface area contributed by atoms with Gasteiger partial charge in [-0.05, 0) is 49.2 Å². The second kappa shape index (κ2) is 9.62. The molecule has 1 aliphatic carbocycles. The predicted octanol–water partition coefficient (Wildman–Crippen LogP) is 4.46. The van der Waals surface area contributed by atoms with Crippen LogP contribution < -0.4 is 18.9 Å². The van der Waals surface area contributed by atoms with Crippen LogP contribution >= 0.6 is 0 Å². The number of carbonyl (C=O) groups is 1. The maximum Gasteiger partial charge on any atom is 0.254 e. The second-order valence-corrected chi connectivity index (χ2v) is 8.37. The van der Waals surface area contributed by atoms with Crippen LogP contribution in [0.2, 0.25) is 0 Å². The van der Waals surface area contributed by atoms with Crippen molar-refractivity contribution < 1.29 is 28.3 Å². The molecule has 34 heavy (non-hydrogen) atoms. The third kappa shape index (κ3) is 4.37. The highest BCUT2D eigenvalue weighted by Gasteiger charge is 2.29. The topological polar surface area (TPSA) is 96.2 Å². The molecular weight excluding hydrogens is 438 g/mol. The zero-order valence-corrected chi connectivity index (χ0v) is 19.3. The first-order valence-corrected chi connectivity index (χ1v) is 11.4. The maximum atomic E-state index is 13.6. The van der Waals surface area contributed by atoms with Crippen molar-refractivity contribution in [2.75, 3.05) is 21.0 Å². The summed E-state index contributed by atoms with van der Waals surface area (Å²) in [6.07, 6.45) is 5.28. The minimum atomic E-state index is -0.0870. The van der Waals surface area contributed by atoms with Crippen LogP contribution in [-0.4, -0.2) is 48.0 Å². The van der Waals surface area contributed by atoms with Crippen molar-refractivity contribution in [2.45, 2.75) is 44.7 Å². The van der Waals surface area contributed by atoms with Gasteiger partial charge in [0.25, 0.3) is 5.91 Å².